The molecule has 0 spiro atoms. The molecule has 0 aliphatic heterocycles. The van der Waals surface area contributed by atoms with Gasteiger partial charge in [-0.15, -0.1) is 0 Å². The van der Waals surface area contributed by atoms with E-state index in [9.17, 15) is 4.79 Å². The molecular weight excluding hydrogens is 188 g/mol. The fraction of sp³-hybridized carbons (Fsp3) is 0.462. The van der Waals surface area contributed by atoms with E-state index in [0.29, 0.717) is 5.92 Å². The lowest BCUT2D eigenvalue weighted by Gasteiger charge is -2.14. The summed E-state index contributed by atoms with van der Waals surface area (Å²) in [6.07, 6.45) is 12.2. The molecule has 2 rings (SSSR count). The van der Waals surface area contributed by atoms with Crippen molar-refractivity contribution >= 4 is 5.97 Å². The van der Waals surface area contributed by atoms with Crippen LogP contribution in [-0.2, 0) is 9.53 Å². The maximum atomic E-state index is 11.0. The molecule has 0 fully saturated rings. The first-order chi connectivity index (χ1) is 7.29. The average Bonchev–Trinajstić information content (AvgIpc) is 2.85. The summed E-state index contributed by atoms with van der Waals surface area (Å²) in [6, 6.07) is 0. The van der Waals surface area contributed by atoms with Crippen LogP contribution in [0.3, 0.4) is 0 Å². The van der Waals surface area contributed by atoms with Gasteiger partial charge in [0.25, 0.3) is 0 Å². The minimum Gasteiger partial charge on any atom is -0.428 e. The maximum absolute atomic E-state index is 11.0. The fourth-order valence-corrected chi connectivity index (χ4v) is 2.33. The van der Waals surface area contributed by atoms with Crippen LogP contribution in [0, 0.1) is 11.8 Å². The van der Waals surface area contributed by atoms with Crippen molar-refractivity contribution in [1.82, 2.24) is 0 Å². The first-order valence-electron chi connectivity index (χ1n) is 5.49. The highest BCUT2D eigenvalue weighted by atomic mass is 16.5. The molecule has 2 nitrogen and oxygen atoms in total. The molecule has 15 heavy (non-hydrogen) atoms. The Bertz CT molecular complexity index is 317. The standard InChI is InChI=1S/C13H16O2/c1-2-13(14)15-12-8-7-11(9-12)10-5-3-4-6-10/h2-4,9-11H,1,5-8H2/t11-/m1/s1. The van der Waals surface area contributed by atoms with Gasteiger partial charge in [0.05, 0.1) is 0 Å². The van der Waals surface area contributed by atoms with Crippen molar-refractivity contribution in [1.29, 1.82) is 0 Å². The van der Waals surface area contributed by atoms with Crippen LogP contribution >= 0.6 is 0 Å². The van der Waals surface area contributed by atoms with Gasteiger partial charge in [0, 0.05) is 12.5 Å². The summed E-state index contributed by atoms with van der Waals surface area (Å²) < 4.78 is 5.13. The summed E-state index contributed by atoms with van der Waals surface area (Å²) in [6.45, 7) is 3.39. The van der Waals surface area contributed by atoms with Gasteiger partial charge in [-0.3, -0.25) is 0 Å². The van der Waals surface area contributed by atoms with Gasteiger partial charge in [-0.05, 0) is 37.2 Å². The van der Waals surface area contributed by atoms with Crippen LogP contribution in [0.25, 0.3) is 0 Å². The van der Waals surface area contributed by atoms with Gasteiger partial charge in [0.1, 0.15) is 5.76 Å². The zero-order valence-electron chi connectivity index (χ0n) is 8.82. The number of carbonyl (C=O) groups is 1. The lowest BCUT2D eigenvalue weighted by molar-refractivity contribution is -0.133. The Labute approximate surface area is 90.3 Å². The molecule has 1 atom stereocenters. The summed E-state index contributed by atoms with van der Waals surface area (Å²) >= 11 is 0. The quantitative estimate of drug-likeness (QED) is 0.401. The molecule has 80 valence electrons. The van der Waals surface area contributed by atoms with E-state index in [1.165, 1.54) is 18.9 Å². The molecule has 2 aliphatic carbocycles. The monoisotopic (exact) mass is 204 g/mol. The summed E-state index contributed by atoms with van der Waals surface area (Å²) in [5, 5.41) is 0. The molecule has 0 amide bonds. The Balaban J connectivity index is 1.90. The van der Waals surface area contributed by atoms with Crippen molar-refractivity contribution in [2.45, 2.75) is 25.7 Å². The maximum Gasteiger partial charge on any atom is 0.335 e. The van der Waals surface area contributed by atoms with E-state index >= 15 is 0 Å². The van der Waals surface area contributed by atoms with Gasteiger partial charge in [-0.25, -0.2) is 4.79 Å². The number of rotatable bonds is 3. The lowest BCUT2D eigenvalue weighted by Crippen LogP contribution is -2.05. The molecule has 0 aromatic heterocycles. The molecule has 0 N–H and O–H groups in total. The van der Waals surface area contributed by atoms with Crippen molar-refractivity contribution in [3.8, 4) is 0 Å². The minimum atomic E-state index is -0.341. The van der Waals surface area contributed by atoms with Crippen LogP contribution in [0.15, 0.2) is 36.6 Å². The summed E-state index contributed by atoms with van der Waals surface area (Å²) in [4.78, 5) is 11.0. The summed E-state index contributed by atoms with van der Waals surface area (Å²) in [7, 11) is 0. The van der Waals surface area contributed by atoms with Crippen LogP contribution < -0.4 is 0 Å². The first-order valence-corrected chi connectivity index (χ1v) is 5.49. The molecule has 2 heteroatoms. The average molecular weight is 204 g/mol. The molecule has 0 unspecified atom stereocenters. The topological polar surface area (TPSA) is 26.3 Å². The number of esters is 1. The van der Waals surface area contributed by atoms with E-state index in [0.717, 1.165) is 24.5 Å². The molecule has 0 saturated heterocycles. The molecule has 0 aromatic rings. The van der Waals surface area contributed by atoms with Gasteiger partial charge in [-0.2, -0.15) is 0 Å². The second-order valence-corrected chi connectivity index (χ2v) is 4.16. The van der Waals surface area contributed by atoms with Crippen molar-refractivity contribution < 1.29 is 9.53 Å². The SMILES string of the molecule is C=CC(=O)OC1=C[C@H](C2CC=CC2)CC1. The normalized spacial score (nSPS) is 25.3. The number of ether oxygens (including phenoxy) is 1. The van der Waals surface area contributed by atoms with Crippen LogP contribution in [0.1, 0.15) is 25.7 Å². The van der Waals surface area contributed by atoms with Crippen LogP contribution in [0.5, 0.6) is 0 Å². The largest absolute Gasteiger partial charge is 0.428 e. The third kappa shape index (κ3) is 2.38. The van der Waals surface area contributed by atoms with E-state index in [1.807, 2.05) is 0 Å². The zero-order valence-corrected chi connectivity index (χ0v) is 8.82. The number of hydrogen-bond acceptors (Lipinski definition) is 2. The number of allylic oxidation sites excluding steroid dienone is 4. The van der Waals surface area contributed by atoms with Crippen LogP contribution in [0.4, 0.5) is 0 Å². The molecule has 0 heterocycles. The molecule has 0 aromatic carbocycles. The zero-order chi connectivity index (χ0) is 10.7. The summed E-state index contributed by atoms with van der Waals surface area (Å²) in [5.74, 6) is 1.81. The Morgan fingerprint density at radius 1 is 1.47 bits per heavy atom. The Morgan fingerprint density at radius 3 is 2.87 bits per heavy atom. The fourth-order valence-electron chi connectivity index (χ4n) is 2.33. The Morgan fingerprint density at radius 2 is 2.20 bits per heavy atom. The van der Waals surface area contributed by atoms with E-state index in [4.69, 9.17) is 4.74 Å². The van der Waals surface area contributed by atoms with E-state index < -0.39 is 0 Å². The Hall–Kier alpha value is -1.31. The highest BCUT2D eigenvalue weighted by molar-refractivity contribution is 5.82. The van der Waals surface area contributed by atoms with Gasteiger partial charge >= 0.3 is 5.97 Å². The van der Waals surface area contributed by atoms with E-state index in [1.54, 1.807) is 0 Å². The van der Waals surface area contributed by atoms with Crippen LogP contribution in [0.2, 0.25) is 0 Å². The predicted molar refractivity (Wildman–Crippen MR) is 59.0 cm³/mol. The second kappa shape index (κ2) is 4.47. The molecular formula is C13H16O2. The minimum absolute atomic E-state index is 0.341. The molecule has 0 radical (unpaired) electrons. The van der Waals surface area contributed by atoms with Gasteiger partial charge in [0.2, 0.25) is 0 Å². The lowest BCUT2D eigenvalue weighted by atomic mass is 9.90. The smallest absolute Gasteiger partial charge is 0.335 e. The van der Waals surface area contributed by atoms with Crippen molar-refractivity contribution in [3.05, 3.63) is 36.6 Å². The number of hydrogen-bond donors (Lipinski definition) is 0. The highest BCUT2D eigenvalue weighted by Gasteiger charge is 2.26. The van der Waals surface area contributed by atoms with Crippen molar-refractivity contribution in [3.63, 3.8) is 0 Å². The molecule has 2 aliphatic rings. The first kappa shape index (κ1) is 10.2. The van der Waals surface area contributed by atoms with Gasteiger partial charge in [-0.1, -0.05) is 18.7 Å². The van der Waals surface area contributed by atoms with E-state index in [2.05, 4.69) is 24.8 Å². The molecule has 0 bridgehead atoms. The third-order valence-electron chi connectivity index (χ3n) is 3.17. The van der Waals surface area contributed by atoms with Crippen molar-refractivity contribution in [2.24, 2.45) is 11.8 Å². The highest BCUT2D eigenvalue weighted by Crippen LogP contribution is 2.36. The Kier molecular flexibility index (Phi) is 3.05. The molecule has 0 saturated carbocycles. The van der Waals surface area contributed by atoms with Gasteiger partial charge < -0.3 is 4.74 Å². The van der Waals surface area contributed by atoms with E-state index in [-0.39, 0.29) is 5.97 Å². The third-order valence-corrected chi connectivity index (χ3v) is 3.17. The van der Waals surface area contributed by atoms with Gasteiger partial charge in [0.15, 0.2) is 0 Å². The second-order valence-electron chi connectivity index (χ2n) is 4.16. The summed E-state index contributed by atoms with van der Waals surface area (Å²) in [5.41, 5.74) is 0. The van der Waals surface area contributed by atoms with Crippen molar-refractivity contribution in [2.75, 3.05) is 0 Å². The number of carbonyl (C=O) groups excluding carboxylic acids is 1. The predicted octanol–water partition coefficient (Wildman–Crippen LogP) is 2.98. The van der Waals surface area contributed by atoms with Crippen LogP contribution in [-0.4, -0.2) is 5.97 Å².